The zero-order valence-corrected chi connectivity index (χ0v) is 15.5. The molecule has 0 aromatic carbocycles. The van der Waals surface area contributed by atoms with Crippen LogP contribution in [0, 0.1) is 17.0 Å². The van der Waals surface area contributed by atoms with E-state index in [1.54, 1.807) is 11.8 Å². The number of piperidine rings is 1. The van der Waals surface area contributed by atoms with Gasteiger partial charge in [-0.05, 0) is 19.8 Å². The van der Waals surface area contributed by atoms with Crippen molar-refractivity contribution < 1.29 is 14.5 Å². The fourth-order valence-corrected chi connectivity index (χ4v) is 4.27. The molecule has 1 atom stereocenters. The van der Waals surface area contributed by atoms with Crippen molar-refractivity contribution in [2.45, 2.75) is 25.8 Å². The van der Waals surface area contributed by atoms with Crippen LogP contribution in [0.2, 0.25) is 0 Å². The van der Waals surface area contributed by atoms with Gasteiger partial charge in [0.05, 0.1) is 21.2 Å². The molecule has 1 aromatic heterocycles. The standard InChI is InChI=1S/C15H20N4O4S.ClH/c1-10-12(19(22)23)7-13(24-10)15(21)17-5-2-3-11(9-17)18-6-4-16-8-14(18)20;/h7,11,16H,2-6,8-9H2,1H3;1H. The van der Waals surface area contributed by atoms with E-state index in [1.807, 2.05) is 4.90 Å². The van der Waals surface area contributed by atoms with Crippen LogP contribution in [-0.2, 0) is 4.79 Å². The molecule has 2 saturated heterocycles. The van der Waals surface area contributed by atoms with Crippen LogP contribution in [0.1, 0.15) is 27.4 Å². The first kappa shape index (κ1) is 19.6. The highest BCUT2D eigenvalue weighted by molar-refractivity contribution is 7.14. The van der Waals surface area contributed by atoms with Crippen molar-refractivity contribution >= 4 is 41.2 Å². The number of halogens is 1. The van der Waals surface area contributed by atoms with Crippen LogP contribution in [0.3, 0.4) is 0 Å². The van der Waals surface area contributed by atoms with E-state index in [0.717, 1.165) is 30.7 Å². The molecular formula is C15H21ClN4O4S. The zero-order chi connectivity index (χ0) is 17.3. The van der Waals surface area contributed by atoms with E-state index in [9.17, 15) is 19.7 Å². The van der Waals surface area contributed by atoms with Crippen molar-refractivity contribution in [2.75, 3.05) is 32.7 Å². The summed E-state index contributed by atoms with van der Waals surface area (Å²) < 4.78 is 0. The van der Waals surface area contributed by atoms with E-state index in [1.165, 1.54) is 6.07 Å². The molecule has 25 heavy (non-hydrogen) atoms. The Hall–Kier alpha value is -1.71. The molecule has 2 aliphatic rings. The first-order chi connectivity index (χ1) is 11.5. The maximum Gasteiger partial charge on any atom is 0.283 e. The summed E-state index contributed by atoms with van der Waals surface area (Å²) in [6, 6.07) is 1.40. The number of thiophene rings is 1. The molecule has 0 bridgehead atoms. The van der Waals surface area contributed by atoms with E-state index in [0.29, 0.717) is 35.9 Å². The maximum absolute atomic E-state index is 12.7. The summed E-state index contributed by atoms with van der Waals surface area (Å²) in [5, 5.41) is 14.0. The summed E-state index contributed by atoms with van der Waals surface area (Å²) in [7, 11) is 0. The number of nitro groups is 1. The van der Waals surface area contributed by atoms with Gasteiger partial charge in [0.1, 0.15) is 0 Å². The first-order valence-corrected chi connectivity index (χ1v) is 8.83. The molecule has 0 saturated carbocycles. The fourth-order valence-electron chi connectivity index (χ4n) is 3.32. The number of likely N-dealkylation sites (tertiary alicyclic amines) is 1. The largest absolute Gasteiger partial charge is 0.336 e. The number of piperazine rings is 1. The fraction of sp³-hybridized carbons (Fsp3) is 0.600. The summed E-state index contributed by atoms with van der Waals surface area (Å²) in [6.07, 6.45) is 1.72. The van der Waals surface area contributed by atoms with Crippen LogP contribution in [0.25, 0.3) is 0 Å². The quantitative estimate of drug-likeness (QED) is 0.624. The second-order valence-electron chi connectivity index (χ2n) is 6.12. The van der Waals surface area contributed by atoms with E-state index in [4.69, 9.17) is 0 Å². The number of amides is 2. The lowest BCUT2D eigenvalue weighted by molar-refractivity contribution is -0.385. The smallest absolute Gasteiger partial charge is 0.283 e. The molecule has 1 N–H and O–H groups in total. The van der Waals surface area contributed by atoms with Crippen molar-refractivity contribution in [3.8, 4) is 0 Å². The Labute approximate surface area is 155 Å². The Balaban J connectivity index is 0.00000225. The van der Waals surface area contributed by atoms with Crippen molar-refractivity contribution in [1.82, 2.24) is 15.1 Å². The number of nitrogens with one attached hydrogen (secondary N) is 1. The Morgan fingerprint density at radius 1 is 1.44 bits per heavy atom. The SMILES string of the molecule is Cc1sc(C(=O)N2CCCC(N3CCNCC3=O)C2)cc1[N+](=O)[O-].Cl. The highest BCUT2D eigenvalue weighted by atomic mass is 35.5. The normalized spacial score (nSPS) is 21.0. The molecule has 8 nitrogen and oxygen atoms in total. The van der Waals surface area contributed by atoms with Gasteiger partial charge in [0.25, 0.3) is 11.6 Å². The summed E-state index contributed by atoms with van der Waals surface area (Å²) in [5.74, 6) is -0.105. The maximum atomic E-state index is 12.7. The molecule has 10 heteroatoms. The summed E-state index contributed by atoms with van der Waals surface area (Å²) in [4.78, 5) is 39.8. The minimum Gasteiger partial charge on any atom is -0.336 e. The van der Waals surface area contributed by atoms with Crippen molar-refractivity contribution in [3.63, 3.8) is 0 Å². The van der Waals surface area contributed by atoms with E-state index in [-0.39, 0.29) is 36.0 Å². The number of hydrogen-bond donors (Lipinski definition) is 1. The molecule has 1 aromatic rings. The number of nitrogens with zero attached hydrogens (tertiary/aromatic N) is 3. The molecule has 2 aliphatic heterocycles. The van der Waals surface area contributed by atoms with Gasteiger partial charge in [-0.25, -0.2) is 0 Å². The zero-order valence-electron chi connectivity index (χ0n) is 13.9. The lowest BCUT2D eigenvalue weighted by Gasteiger charge is -2.41. The van der Waals surface area contributed by atoms with Gasteiger partial charge in [0, 0.05) is 38.3 Å². The van der Waals surface area contributed by atoms with Crippen LogP contribution >= 0.6 is 23.7 Å². The molecule has 2 fully saturated rings. The van der Waals surface area contributed by atoms with Crippen LogP contribution in [0.15, 0.2) is 6.07 Å². The number of carbonyl (C=O) groups excluding carboxylic acids is 2. The molecule has 3 heterocycles. The van der Waals surface area contributed by atoms with Crippen LogP contribution in [0.4, 0.5) is 5.69 Å². The van der Waals surface area contributed by atoms with Gasteiger partial charge in [-0.3, -0.25) is 19.7 Å². The Bertz CT molecular complexity index is 680. The Morgan fingerprint density at radius 3 is 2.84 bits per heavy atom. The molecule has 0 aliphatic carbocycles. The highest BCUT2D eigenvalue weighted by Gasteiger charge is 2.33. The summed E-state index contributed by atoms with van der Waals surface area (Å²) in [6.45, 7) is 4.55. The van der Waals surface area contributed by atoms with Crippen LogP contribution < -0.4 is 5.32 Å². The van der Waals surface area contributed by atoms with Gasteiger partial charge in [0.2, 0.25) is 5.91 Å². The lowest BCUT2D eigenvalue weighted by Crippen LogP contribution is -2.57. The number of aryl methyl sites for hydroxylation is 1. The van der Waals surface area contributed by atoms with Crippen molar-refractivity contribution in [3.05, 3.63) is 25.9 Å². The second-order valence-corrected chi connectivity index (χ2v) is 7.38. The van der Waals surface area contributed by atoms with E-state index < -0.39 is 4.92 Å². The number of carbonyl (C=O) groups is 2. The van der Waals surface area contributed by atoms with Gasteiger partial charge < -0.3 is 15.1 Å². The number of rotatable bonds is 3. The van der Waals surface area contributed by atoms with Gasteiger partial charge in [0.15, 0.2) is 0 Å². The van der Waals surface area contributed by atoms with Gasteiger partial charge >= 0.3 is 0 Å². The average Bonchev–Trinajstić information content (AvgIpc) is 2.97. The van der Waals surface area contributed by atoms with Gasteiger partial charge in [-0.1, -0.05) is 0 Å². The minimum atomic E-state index is -0.457. The molecular weight excluding hydrogens is 368 g/mol. The van der Waals surface area contributed by atoms with Crippen molar-refractivity contribution in [1.29, 1.82) is 0 Å². The summed E-state index contributed by atoms with van der Waals surface area (Å²) in [5.41, 5.74) is -0.00538. The molecule has 138 valence electrons. The lowest BCUT2D eigenvalue weighted by atomic mass is 10.0. The van der Waals surface area contributed by atoms with E-state index >= 15 is 0 Å². The Morgan fingerprint density at radius 2 is 2.20 bits per heavy atom. The molecule has 0 radical (unpaired) electrons. The topological polar surface area (TPSA) is 95.8 Å². The summed E-state index contributed by atoms with van der Waals surface area (Å²) >= 11 is 1.16. The molecule has 2 amide bonds. The first-order valence-electron chi connectivity index (χ1n) is 8.01. The molecule has 3 rings (SSSR count). The Kier molecular flexibility index (Phi) is 6.36. The molecule has 1 unspecified atom stereocenters. The van der Waals surface area contributed by atoms with E-state index in [2.05, 4.69) is 5.32 Å². The minimum absolute atomic E-state index is 0. The van der Waals surface area contributed by atoms with Crippen LogP contribution in [-0.4, -0.2) is 65.3 Å². The van der Waals surface area contributed by atoms with Crippen molar-refractivity contribution in [2.24, 2.45) is 0 Å². The second kappa shape index (κ2) is 8.11. The third-order valence-electron chi connectivity index (χ3n) is 4.55. The van der Waals surface area contributed by atoms with Gasteiger partial charge in [-0.2, -0.15) is 0 Å². The monoisotopic (exact) mass is 388 g/mol. The predicted molar refractivity (Wildman–Crippen MR) is 96.5 cm³/mol. The average molecular weight is 389 g/mol. The predicted octanol–water partition coefficient (Wildman–Crippen LogP) is 1.42. The van der Waals surface area contributed by atoms with Gasteiger partial charge in [-0.15, -0.1) is 23.7 Å². The van der Waals surface area contributed by atoms with Crippen LogP contribution in [0.5, 0.6) is 0 Å². The molecule has 0 spiro atoms. The number of hydrogen-bond acceptors (Lipinski definition) is 6. The third-order valence-corrected chi connectivity index (χ3v) is 5.58. The highest BCUT2D eigenvalue weighted by Crippen LogP contribution is 2.30. The third kappa shape index (κ3) is 4.10.